The molecule has 2 aromatic rings. The Balaban J connectivity index is 2.41. The molecule has 0 atom stereocenters. The summed E-state index contributed by atoms with van der Waals surface area (Å²) in [5, 5.41) is 0.463. The molecule has 0 bridgehead atoms. The van der Waals surface area contributed by atoms with E-state index in [9.17, 15) is 4.79 Å². The molecule has 0 saturated heterocycles. The summed E-state index contributed by atoms with van der Waals surface area (Å²) in [5.41, 5.74) is 0.993. The molecule has 2 rings (SSSR count). The molecule has 0 amide bonds. The monoisotopic (exact) mass is 237 g/mol. The molecule has 2 heterocycles. The van der Waals surface area contributed by atoms with Gasteiger partial charge in [-0.25, -0.2) is 4.98 Å². The third-order valence-electron chi connectivity index (χ3n) is 1.96. The van der Waals surface area contributed by atoms with Crippen LogP contribution in [0.25, 0.3) is 10.4 Å². The number of ketones is 1. The van der Waals surface area contributed by atoms with Gasteiger partial charge in [0, 0.05) is 11.1 Å². The molecule has 0 aliphatic heterocycles. The molecule has 4 heteroatoms. The van der Waals surface area contributed by atoms with Gasteiger partial charge in [-0.1, -0.05) is 11.6 Å². The van der Waals surface area contributed by atoms with Gasteiger partial charge in [0.15, 0.2) is 5.78 Å². The summed E-state index contributed by atoms with van der Waals surface area (Å²) in [7, 11) is 0. The third kappa shape index (κ3) is 2.25. The molecular weight excluding hydrogens is 230 g/mol. The van der Waals surface area contributed by atoms with Crippen LogP contribution in [0.2, 0.25) is 5.15 Å². The van der Waals surface area contributed by atoms with E-state index in [1.807, 2.05) is 18.2 Å². The van der Waals surface area contributed by atoms with Crippen LogP contribution < -0.4 is 0 Å². The van der Waals surface area contributed by atoms with Gasteiger partial charge in [-0.3, -0.25) is 4.79 Å². The van der Waals surface area contributed by atoms with E-state index in [1.165, 1.54) is 11.3 Å². The van der Waals surface area contributed by atoms with Crippen LogP contribution in [-0.2, 0) is 0 Å². The highest BCUT2D eigenvalue weighted by molar-refractivity contribution is 7.17. The van der Waals surface area contributed by atoms with Crippen LogP contribution in [0, 0.1) is 0 Å². The van der Waals surface area contributed by atoms with Gasteiger partial charge in [0.2, 0.25) is 0 Å². The number of aromatic nitrogens is 1. The maximum absolute atomic E-state index is 11.1. The second-order valence-electron chi connectivity index (χ2n) is 3.09. The zero-order valence-corrected chi connectivity index (χ0v) is 9.60. The van der Waals surface area contributed by atoms with Crippen LogP contribution >= 0.6 is 22.9 Å². The Bertz CT molecular complexity index is 507. The average molecular weight is 238 g/mol. The van der Waals surface area contributed by atoms with Crippen molar-refractivity contribution in [2.45, 2.75) is 6.92 Å². The van der Waals surface area contributed by atoms with Crippen molar-refractivity contribution < 1.29 is 4.79 Å². The third-order valence-corrected chi connectivity index (χ3v) is 3.41. The molecule has 2 nitrogen and oxygen atoms in total. The molecule has 0 radical (unpaired) electrons. The Morgan fingerprint density at radius 3 is 2.80 bits per heavy atom. The normalized spacial score (nSPS) is 10.3. The first kappa shape index (κ1) is 10.3. The predicted molar refractivity (Wildman–Crippen MR) is 62.6 cm³/mol. The Hall–Kier alpha value is -1.19. The van der Waals surface area contributed by atoms with Crippen LogP contribution in [0.4, 0.5) is 0 Å². The molecule has 0 saturated carbocycles. The van der Waals surface area contributed by atoms with E-state index >= 15 is 0 Å². The maximum Gasteiger partial charge on any atom is 0.169 e. The maximum atomic E-state index is 11.1. The van der Waals surface area contributed by atoms with Crippen molar-refractivity contribution in [3.8, 4) is 10.4 Å². The number of hydrogen-bond donors (Lipinski definition) is 0. The molecular formula is C11H8ClNOS. The number of halogens is 1. The molecule has 0 aliphatic rings. The predicted octanol–water partition coefficient (Wildman–Crippen LogP) is 3.67. The zero-order valence-electron chi connectivity index (χ0n) is 8.03. The molecule has 0 spiro atoms. The summed E-state index contributed by atoms with van der Waals surface area (Å²) in [6.45, 7) is 1.56. The van der Waals surface area contributed by atoms with Gasteiger partial charge in [-0.2, -0.15) is 0 Å². The summed E-state index contributed by atoms with van der Waals surface area (Å²) in [6.07, 6.45) is 1.66. The second-order valence-corrected chi connectivity index (χ2v) is 4.56. The summed E-state index contributed by atoms with van der Waals surface area (Å²) in [4.78, 5) is 16.8. The molecule has 0 unspecified atom stereocenters. The first-order chi connectivity index (χ1) is 7.16. The van der Waals surface area contributed by atoms with E-state index in [0.29, 0.717) is 5.15 Å². The Morgan fingerprint density at radius 2 is 2.20 bits per heavy atom. The summed E-state index contributed by atoms with van der Waals surface area (Å²) < 4.78 is 0. The fourth-order valence-electron chi connectivity index (χ4n) is 1.24. The van der Waals surface area contributed by atoms with Gasteiger partial charge in [0.1, 0.15) is 5.15 Å². The van der Waals surface area contributed by atoms with Gasteiger partial charge in [0.05, 0.1) is 4.88 Å². The van der Waals surface area contributed by atoms with Crippen LogP contribution in [-0.4, -0.2) is 10.8 Å². The van der Waals surface area contributed by atoms with Crippen molar-refractivity contribution in [3.05, 3.63) is 40.5 Å². The van der Waals surface area contributed by atoms with Crippen molar-refractivity contribution in [1.29, 1.82) is 0 Å². The largest absolute Gasteiger partial charge is 0.294 e. The number of hydrogen-bond acceptors (Lipinski definition) is 3. The minimum Gasteiger partial charge on any atom is -0.294 e. The van der Waals surface area contributed by atoms with Crippen LogP contribution in [0.5, 0.6) is 0 Å². The molecule has 0 N–H and O–H groups in total. The van der Waals surface area contributed by atoms with Gasteiger partial charge in [0.25, 0.3) is 0 Å². The van der Waals surface area contributed by atoms with E-state index < -0.39 is 0 Å². The van der Waals surface area contributed by atoms with Crippen molar-refractivity contribution in [1.82, 2.24) is 4.98 Å². The van der Waals surface area contributed by atoms with Gasteiger partial charge < -0.3 is 0 Å². The fourth-order valence-corrected chi connectivity index (χ4v) is 2.31. The SMILES string of the molecule is CC(=O)c1ccc(-c2ccnc(Cl)c2)s1. The first-order valence-corrected chi connectivity index (χ1v) is 5.59. The lowest BCUT2D eigenvalue weighted by molar-refractivity contribution is 0.102. The second kappa shape index (κ2) is 4.13. The average Bonchev–Trinajstić information content (AvgIpc) is 2.66. The fraction of sp³-hybridized carbons (Fsp3) is 0.0909. The van der Waals surface area contributed by atoms with Crippen molar-refractivity contribution in [2.24, 2.45) is 0 Å². The van der Waals surface area contributed by atoms with E-state index in [1.54, 1.807) is 19.2 Å². The van der Waals surface area contributed by atoms with Crippen LogP contribution in [0.15, 0.2) is 30.5 Å². The topological polar surface area (TPSA) is 30.0 Å². The standard InChI is InChI=1S/C11H8ClNOS/c1-7(14)9-2-3-10(15-9)8-4-5-13-11(12)6-8/h2-6H,1H3. The number of nitrogens with zero attached hydrogens (tertiary/aromatic N) is 1. The quantitative estimate of drug-likeness (QED) is 0.589. The minimum atomic E-state index is 0.0893. The number of rotatable bonds is 2. The highest BCUT2D eigenvalue weighted by atomic mass is 35.5. The molecule has 0 aromatic carbocycles. The highest BCUT2D eigenvalue weighted by Crippen LogP contribution is 2.29. The van der Waals surface area contributed by atoms with E-state index in [0.717, 1.165) is 15.3 Å². The number of carbonyl (C=O) groups is 1. The molecule has 0 aliphatic carbocycles. The van der Waals surface area contributed by atoms with E-state index in [-0.39, 0.29) is 5.78 Å². The lowest BCUT2D eigenvalue weighted by Crippen LogP contribution is -1.83. The van der Waals surface area contributed by atoms with E-state index in [2.05, 4.69) is 4.98 Å². The van der Waals surface area contributed by atoms with Crippen LogP contribution in [0.3, 0.4) is 0 Å². The van der Waals surface area contributed by atoms with Crippen LogP contribution in [0.1, 0.15) is 16.6 Å². The minimum absolute atomic E-state index is 0.0893. The number of pyridine rings is 1. The van der Waals surface area contributed by atoms with Crippen molar-refractivity contribution in [2.75, 3.05) is 0 Å². The smallest absolute Gasteiger partial charge is 0.169 e. The summed E-state index contributed by atoms with van der Waals surface area (Å²) in [6, 6.07) is 7.42. The first-order valence-electron chi connectivity index (χ1n) is 4.39. The van der Waals surface area contributed by atoms with Crippen molar-refractivity contribution in [3.63, 3.8) is 0 Å². The number of carbonyl (C=O) groups excluding carboxylic acids is 1. The zero-order chi connectivity index (χ0) is 10.8. The van der Waals surface area contributed by atoms with Gasteiger partial charge in [-0.15, -0.1) is 11.3 Å². The number of thiophene rings is 1. The van der Waals surface area contributed by atoms with E-state index in [4.69, 9.17) is 11.6 Å². The molecule has 2 aromatic heterocycles. The summed E-state index contributed by atoms with van der Waals surface area (Å²) >= 11 is 7.26. The summed E-state index contributed by atoms with van der Waals surface area (Å²) in [5.74, 6) is 0.0893. The Labute approximate surface area is 96.5 Å². The molecule has 15 heavy (non-hydrogen) atoms. The van der Waals surface area contributed by atoms with Gasteiger partial charge >= 0.3 is 0 Å². The molecule has 76 valence electrons. The molecule has 0 fully saturated rings. The Kier molecular flexibility index (Phi) is 2.84. The number of Topliss-reactive ketones (excluding diaryl/α,β-unsaturated/α-hetero) is 1. The Morgan fingerprint density at radius 1 is 1.40 bits per heavy atom. The lowest BCUT2D eigenvalue weighted by Gasteiger charge is -1.96. The lowest BCUT2D eigenvalue weighted by atomic mass is 10.2. The van der Waals surface area contributed by atoms with Crippen molar-refractivity contribution >= 4 is 28.7 Å². The van der Waals surface area contributed by atoms with Gasteiger partial charge in [-0.05, 0) is 36.8 Å². The highest BCUT2D eigenvalue weighted by Gasteiger charge is 2.06.